The van der Waals surface area contributed by atoms with Gasteiger partial charge in [-0.3, -0.25) is 9.69 Å². The third-order valence-corrected chi connectivity index (χ3v) is 8.94. The maximum absolute atomic E-state index is 13.7. The van der Waals surface area contributed by atoms with Crippen molar-refractivity contribution in [1.29, 1.82) is 0 Å². The molecule has 0 bridgehead atoms. The van der Waals surface area contributed by atoms with Crippen molar-refractivity contribution in [2.45, 2.75) is 77.8 Å². The fourth-order valence-corrected chi connectivity index (χ4v) is 6.60. The van der Waals surface area contributed by atoms with Crippen LogP contribution in [0, 0.1) is 10.8 Å². The van der Waals surface area contributed by atoms with Crippen molar-refractivity contribution in [3.63, 3.8) is 0 Å². The van der Waals surface area contributed by atoms with E-state index in [2.05, 4.69) is 43.2 Å². The van der Waals surface area contributed by atoms with Gasteiger partial charge in [-0.25, -0.2) is 14.6 Å². The predicted molar refractivity (Wildman–Crippen MR) is 165 cm³/mol. The van der Waals surface area contributed by atoms with Gasteiger partial charge < -0.3 is 14.8 Å². The minimum absolute atomic E-state index is 0.0465. The molecule has 8 heteroatoms. The van der Waals surface area contributed by atoms with Gasteiger partial charge in [0.15, 0.2) is 5.78 Å². The summed E-state index contributed by atoms with van der Waals surface area (Å²) in [5, 5.41) is 3.01. The number of nitrogens with one attached hydrogen (secondary N) is 1. The number of ether oxygens (including phenoxy) is 2. The van der Waals surface area contributed by atoms with Gasteiger partial charge >= 0.3 is 6.09 Å². The molecule has 228 valence electrons. The monoisotopic (exact) mass is 577 g/mol. The molecule has 4 unspecified atom stereocenters. The fourth-order valence-electron chi connectivity index (χ4n) is 6.60. The zero-order valence-corrected chi connectivity index (χ0v) is 26.1. The average molecular weight is 578 g/mol. The third kappa shape index (κ3) is 8.52. The molecule has 1 aliphatic carbocycles. The van der Waals surface area contributed by atoms with Gasteiger partial charge in [0.05, 0.1) is 12.1 Å². The number of likely N-dealkylation sites (N-methyl/N-ethyl adjacent to an activating group) is 1. The second-order valence-corrected chi connectivity index (χ2v) is 12.6. The van der Waals surface area contributed by atoms with Gasteiger partial charge in [0.25, 0.3) is 0 Å². The quantitative estimate of drug-likeness (QED) is 0.124. The highest BCUT2D eigenvalue weighted by Crippen LogP contribution is 2.48. The van der Waals surface area contributed by atoms with E-state index in [-0.39, 0.29) is 35.9 Å². The minimum atomic E-state index is -0.656. The highest BCUT2D eigenvalue weighted by molar-refractivity contribution is 6.03. The van der Waals surface area contributed by atoms with Crippen LogP contribution in [0.3, 0.4) is 0 Å². The Labute approximate surface area is 250 Å². The van der Waals surface area contributed by atoms with Gasteiger partial charge in [0, 0.05) is 11.6 Å². The SMILES string of the molecule is CCC1(C)CC(NC(=O)OCCOc2ccc(C(=O)C(CC)(Cc3ccccc3)N(C)C)cc2)CC(C)(CN=C=O)C1. The molecule has 2 aromatic carbocycles. The Morgan fingerprint density at radius 1 is 1.02 bits per heavy atom. The van der Waals surface area contributed by atoms with Crippen molar-refractivity contribution in [1.82, 2.24) is 10.2 Å². The van der Waals surface area contributed by atoms with Gasteiger partial charge in [0.2, 0.25) is 6.08 Å². The van der Waals surface area contributed by atoms with E-state index < -0.39 is 11.6 Å². The van der Waals surface area contributed by atoms with Crippen molar-refractivity contribution in [2.24, 2.45) is 15.8 Å². The lowest BCUT2D eigenvalue weighted by Crippen LogP contribution is -2.52. The molecule has 42 heavy (non-hydrogen) atoms. The Hall–Kier alpha value is -3.48. The van der Waals surface area contributed by atoms with E-state index in [0.717, 1.165) is 31.2 Å². The molecule has 0 aliphatic heterocycles. The molecule has 4 atom stereocenters. The summed E-state index contributed by atoms with van der Waals surface area (Å²) in [6.07, 6.45) is 5.95. The first-order valence-electron chi connectivity index (χ1n) is 14.9. The molecule has 8 nitrogen and oxygen atoms in total. The van der Waals surface area contributed by atoms with E-state index in [1.165, 1.54) is 0 Å². The first kappa shape index (κ1) is 33.0. The topological polar surface area (TPSA) is 97.3 Å². The molecule has 1 saturated carbocycles. The van der Waals surface area contributed by atoms with Gasteiger partial charge in [-0.15, -0.1) is 0 Å². The number of amides is 1. The Morgan fingerprint density at radius 2 is 1.69 bits per heavy atom. The van der Waals surface area contributed by atoms with Crippen molar-refractivity contribution >= 4 is 18.0 Å². The molecular formula is C34H47N3O5. The molecule has 0 aromatic heterocycles. The predicted octanol–water partition coefficient (Wildman–Crippen LogP) is 6.24. The number of carbonyl (C=O) groups is 2. The van der Waals surface area contributed by atoms with Crippen LogP contribution in [0.25, 0.3) is 0 Å². The summed E-state index contributed by atoms with van der Waals surface area (Å²) < 4.78 is 11.2. The fraction of sp³-hybridized carbons (Fsp3) is 0.559. The second kappa shape index (κ2) is 14.6. The van der Waals surface area contributed by atoms with Crippen molar-refractivity contribution in [3.05, 3.63) is 65.7 Å². The molecule has 1 aliphatic rings. The summed E-state index contributed by atoms with van der Waals surface area (Å²) in [4.78, 5) is 42.9. The first-order valence-corrected chi connectivity index (χ1v) is 14.9. The van der Waals surface area contributed by atoms with E-state index in [4.69, 9.17) is 9.47 Å². The molecule has 1 N–H and O–H groups in total. The van der Waals surface area contributed by atoms with Crippen molar-refractivity contribution in [2.75, 3.05) is 33.9 Å². The van der Waals surface area contributed by atoms with Gasteiger partial charge in [-0.05, 0) is 86.9 Å². The lowest BCUT2D eigenvalue weighted by molar-refractivity contribution is 0.0554. The van der Waals surface area contributed by atoms with Crippen molar-refractivity contribution in [3.8, 4) is 5.75 Å². The van der Waals surface area contributed by atoms with Crippen LogP contribution in [0.15, 0.2) is 59.6 Å². The summed E-state index contributed by atoms with van der Waals surface area (Å²) in [6.45, 7) is 9.21. The molecule has 0 radical (unpaired) electrons. The zero-order valence-electron chi connectivity index (χ0n) is 26.1. The van der Waals surface area contributed by atoms with E-state index in [0.29, 0.717) is 30.7 Å². The number of alkyl carbamates (subject to hydrolysis) is 1. The normalized spacial score (nSPS) is 23.4. The maximum atomic E-state index is 13.7. The summed E-state index contributed by atoms with van der Waals surface area (Å²) in [6, 6.07) is 17.2. The lowest BCUT2D eigenvalue weighted by Gasteiger charge is -2.47. The number of ketones is 1. The molecular weight excluding hydrogens is 530 g/mol. The number of Topliss-reactive ketones (excluding diaryl/α,β-unsaturated/α-hetero) is 1. The van der Waals surface area contributed by atoms with Crippen LogP contribution < -0.4 is 10.1 Å². The Morgan fingerprint density at radius 3 is 2.29 bits per heavy atom. The summed E-state index contributed by atoms with van der Waals surface area (Å²) in [5.41, 5.74) is 0.957. The van der Waals surface area contributed by atoms with Crippen LogP contribution in [-0.2, 0) is 16.0 Å². The molecule has 1 amide bonds. The van der Waals surface area contributed by atoms with Crippen molar-refractivity contribution < 1.29 is 23.9 Å². The number of hydrogen-bond acceptors (Lipinski definition) is 7. The number of rotatable bonds is 14. The number of hydrogen-bond donors (Lipinski definition) is 1. The summed E-state index contributed by atoms with van der Waals surface area (Å²) in [7, 11) is 3.91. The van der Waals surface area contributed by atoms with Crippen LogP contribution in [0.5, 0.6) is 5.75 Å². The van der Waals surface area contributed by atoms with Gasteiger partial charge in [-0.2, -0.15) is 0 Å². The lowest BCUT2D eigenvalue weighted by atomic mass is 9.61. The summed E-state index contributed by atoms with van der Waals surface area (Å²) >= 11 is 0. The van der Waals surface area contributed by atoms with Crippen LogP contribution >= 0.6 is 0 Å². The van der Waals surface area contributed by atoms with E-state index >= 15 is 0 Å². The molecule has 0 spiro atoms. The van der Waals surface area contributed by atoms with Crippen LogP contribution in [-0.4, -0.2) is 68.3 Å². The molecule has 0 heterocycles. The second-order valence-electron chi connectivity index (χ2n) is 12.6. The Bertz CT molecular complexity index is 1230. The van der Waals surface area contributed by atoms with Gasteiger partial charge in [0.1, 0.15) is 19.0 Å². The number of carbonyl (C=O) groups excluding carboxylic acids is 3. The highest BCUT2D eigenvalue weighted by atomic mass is 16.6. The largest absolute Gasteiger partial charge is 0.490 e. The first-order chi connectivity index (χ1) is 20.0. The minimum Gasteiger partial charge on any atom is -0.490 e. The van der Waals surface area contributed by atoms with E-state index in [1.54, 1.807) is 30.3 Å². The molecule has 3 rings (SSSR count). The van der Waals surface area contributed by atoms with Crippen LogP contribution in [0.2, 0.25) is 0 Å². The number of aliphatic imine (C=N–C) groups is 1. The Kier molecular flexibility index (Phi) is 11.5. The highest BCUT2D eigenvalue weighted by Gasteiger charge is 2.43. The van der Waals surface area contributed by atoms with Crippen LogP contribution in [0.1, 0.15) is 75.7 Å². The van der Waals surface area contributed by atoms with Gasteiger partial charge in [-0.1, -0.05) is 64.4 Å². The smallest absolute Gasteiger partial charge is 0.407 e. The molecule has 2 aromatic rings. The zero-order chi connectivity index (χ0) is 30.8. The number of isocyanates is 1. The summed E-state index contributed by atoms with van der Waals surface area (Å²) in [5.74, 6) is 0.671. The maximum Gasteiger partial charge on any atom is 0.407 e. The third-order valence-electron chi connectivity index (χ3n) is 8.94. The Balaban J connectivity index is 1.52. The van der Waals surface area contributed by atoms with Crippen LogP contribution in [0.4, 0.5) is 4.79 Å². The molecule has 0 saturated heterocycles. The molecule has 1 fully saturated rings. The number of benzene rings is 2. The number of nitrogens with zero attached hydrogens (tertiary/aromatic N) is 2. The van der Waals surface area contributed by atoms with E-state index in [9.17, 15) is 14.4 Å². The standard InChI is InChI=1S/C34H47N3O5/c1-7-32(3)21-28(22-33(4,23-32)24-35-25-38)36-31(40)42-19-18-41-29-16-14-27(15-17-29)30(39)34(8-2,37(5)6)20-26-12-10-9-11-13-26/h9-17,28H,7-8,18-24H2,1-6H3,(H,36,40). The van der Waals surface area contributed by atoms with E-state index in [1.807, 2.05) is 44.1 Å². The average Bonchev–Trinajstić information content (AvgIpc) is 2.97.